The van der Waals surface area contributed by atoms with Crippen LogP contribution in [0.15, 0.2) is 182 Å². The second-order valence-electron chi connectivity index (χ2n) is 13.5. The number of fused-ring (bicyclic) bond motifs is 10. The molecule has 0 aliphatic carbocycles. The Bertz CT molecular complexity index is 3110. The number of nitrogens with zero attached hydrogens (tertiary/aromatic N) is 2. The van der Waals surface area contributed by atoms with Crippen molar-refractivity contribution in [3.05, 3.63) is 182 Å². The van der Waals surface area contributed by atoms with E-state index >= 15 is 0 Å². The zero-order valence-electron chi connectivity index (χ0n) is 28.1. The summed E-state index contributed by atoms with van der Waals surface area (Å²) in [7, 11) is 0. The van der Waals surface area contributed by atoms with Crippen LogP contribution in [0.2, 0.25) is 0 Å². The molecule has 0 bridgehead atoms. The normalized spacial score (nSPS) is 11.8. The summed E-state index contributed by atoms with van der Waals surface area (Å²) < 4.78 is 5.11. The Morgan fingerprint density at radius 3 is 1.73 bits per heavy atom. The summed E-state index contributed by atoms with van der Waals surface area (Å²) in [6.45, 7) is 0. The van der Waals surface area contributed by atoms with E-state index in [2.05, 4.69) is 187 Å². The number of aromatic nitrogens is 2. The highest BCUT2D eigenvalue weighted by atomic mass is 32.1. The number of hydrogen-bond donors (Lipinski definition) is 0. The Hall–Kier alpha value is -6.55. The lowest BCUT2D eigenvalue weighted by Gasteiger charge is -2.15. The van der Waals surface area contributed by atoms with Crippen LogP contribution in [0.25, 0.3) is 103 Å². The molecule has 0 saturated heterocycles. The Morgan fingerprint density at radius 2 is 1.00 bits per heavy atom. The van der Waals surface area contributed by atoms with Crippen molar-refractivity contribution in [1.82, 2.24) is 9.55 Å². The third kappa shape index (κ3) is 4.40. The molecule has 0 N–H and O–H groups in total. The molecule has 0 spiro atoms. The van der Waals surface area contributed by atoms with E-state index in [1.807, 2.05) is 11.3 Å². The number of hydrogen-bond acceptors (Lipinski definition) is 2. The Labute approximate surface area is 304 Å². The second kappa shape index (κ2) is 11.5. The van der Waals surface area contributed by atoms with Gasteiger partial charge in [0.05, 0.1) is 28.1 Å². The fourth-order valence-electron chi connectivity index (χ4n) is 8.26. The van der Waals surface area contributed by atoms with Crippen LogP contribution in [-0.4, -0.2) is 9.55 Å². The van der Waals surface area contributed by atoms with Crippen molar-refractivity contribution < 1.29 is 0 Å². The van der Waals surface area contributed by atoms with Gasteiger partial charge in [0.25, 0.3) is 0 Å². The van der Waals surface area contributed by atoms with E-state index in [9.17, 15) is 0 Å². The molecule has 0 atom stereocenters. The molecule has 0 aliphatic heterocycles. The van der Waals surface area contributed by atoms with Crippen LogP contribution in [0.4, 0.5) is 0 Å². The van der Waals surface area contributed by atoms with Gasteiger partial charge in [-0.1, -0.05) is 152 Å². The van der Waals surface area contributed by atoms with Gasteiger partial charge in [0.15, 0.2) is 0 Å². The van der Waals surface area contributed by atoms with Crippen molar-refractivity contribution in [3.63, 3.8) is 0 Å². The lowest BCUT2D eigenvalue weighted by molar-refractivity contribution is 1.16. The summed E-state index contributed by atoms with van der Waals surface area (Å²) in [4.78, 5) is 5.25. The summed E-state index contributed by atoms with van der Waals surface area (Å²) in [6, 6.07) is 65.9. The lowest BCUT2D eigenvalue weighted by atomic mass is 9.94. The molecule has 11 rings (SSSR count). The number of thiophene rings is 1. The summed E-state index contributed by atoms with van der Waals surface area (Å²) in [5.41, 5.74) is 10.1. The zero-order chi connectivity index (χ0) is 34.2. The largest absolute Gasteiger partial charge is 0.309 e. The molecule has 242 valence electrons. The first-order chi connectivity index (χ1) is 25.8. The van der Waals surface area contributed by atoms with E-state index in [4.69, 9.17) is 4.98 Å². The topological polar surface area (TPSA) is 17.8 Å². The van der Waals surface area contributed by atoms with E-state index in [1.165, 1.54) is 74.6 Å². The first kappa shape index (κ1) is 29.2. The van der Waals surface area contributed by atoms with Gasteiger partial charge in [-0.05, 0) is 57.4 Å². The van der Waals surface area contributed by atoms with Gasteiger partial charge in [-0.25, -0.2) is 4.98 Å². The monoisotopic (exact) mass is 678 g/mol. The first-order valence-corrected chi connectivity index (χ1v) is 18.5. The molecule has 52 heavy (non-hydrogen) atoms. The van der Waals surface area contributed by atoms with Crippen molar-refractivity contribution >= 4 is 74.9 Å². The lowest BCUT2D eigenvalue weighted by Crippen LogP contribution is -1.98. The third-order valence-electron chi connectivity index (χ3n) is 10.6. The van der Waals surface area contributed by atoms with Crippen LogP contribution >= 0.6 is 11.3 Å². The highest BCUT2D eigenvalue weighted by Crippen LogP contribution is 2.50. The van der Waals surface area contributed by atoms with Gasteiger partial charge in [0.2, 0.25) is 0 Å². The van der Waals surface area contributed by atoms with Gasteiger partial charge >= 0.3 is 0 Å². The van der Waals surface area contributed by atoms with Gasteiger partial charge in [-0.2, -0.15) is 0 Å². The Balaban J connectivity index is 1.35. The summed E-state index contributed by atoms with van der Waals surface area (Å²) in [6.07, 6.45) is 0. The molecule has 0 fully saturated rings. The van der Waals surface area contributed by atoms with Crippen molar-refractivity contribution in [2.75, 3.05) is 0 Å². The summed E-state index contributed by atoms with van der Waals surface area (Å²) in [5.74, 6) is 0. The molecule has 3 aromatic heterocycles. The molecule has 0 amide bonds. The average molecular weight is 679 g/mol. The molecular weight excluding hydrogens is 649 g/mol. The fourth-order valence-corrected chi connectivity index (χ4v) is 9.51. The number of rotatable bonds is 4. The van der Waals surface area contributed by atoms with Gasteiger partial charge in [-0.15, -0.1) is 11.3 Å². The maximum Gasteiger partial charge on any atom is 0.0730 e. The van der Waals surface area contributed by atoms with E-state index in [0.717, 1.165) is 28.2 Å². The van der Waals surface area contributed by atoms with Gasteiger partial charge in [0, 0.05) is 47.6 Å². The van der Waals surface area contributed by atoms with Crippen LogP contribution in [0.5, 0.6) is 0 Å². The molecule has 3 heteroatoms. The number of pyridine rings is 1. The average Bonchev–Trinajstić information content (AvgIpc) is 3.77. The second-order valence-corrected chi connectivity index (χ2v) is 14.5. The van der Waals surface area contributed by atoms with Crippen LogP contribution in [0.3, 0.4) is 0 Å². The molecule has 2 nitrogen and oxygen atoms in total. The van der Waals surface area contributed by atoms with Crippen molar-refractivity contribution in [2.45, 2.75) is 0 Å². The van der Waals surface area contributed by atoms with Gasteiger partial charge < -0.3 is 4.57 Å². The number of para-hydroxylation sites is 1. The van der Waals surface area contributed by atoms with Gasteiger partial charge in [-0.3, -0.25) is 0 Å². The summed E-state index contributed by atoms with van der Waals surface area (Å²) in [5, 5.41) is 10.3. The highest BCUT2D eigenvalue weighted by molar-refractivity contribution is 7.26. The molecular formula is C49H30N2S. The molecule has 11 aromatic rings. The zero-order valence-corrected chi connectivity index (χ0v) is 28.9. The molecule has 0 aliphatic rings. The molecule has 3 heterocycles. The quantitative estimate of drug-likeness (QED) is 0.181. The minimum absolute atomic E-state index is 0.949. The van der Waals surface area contributed by atoms with E-state index < -0.39 is 0 Å². The Kier molecular flexibility index (Phi) is 6.46. The minimum Gasteiger partial charge on any atom is -0.309 e. The van der Waals surface area contributed by atoms with E-state index in [-0.39, 0.29) is 0 Å². The van der Waals surface area contributed by atoms with Crippen LogP contribution < -0.4 is 0 Å². The van der Waals surface area contributed by atoms with E-state index in [1.54, 1.807) is 0 Å². The van der Waals surface area contributed by atoms with Crippen LogP contribution in [0, 0.1) is 0 Å². The van der Waals surface area contributed by atoms with Gasteiger partial charge in [0.1, 0.15) is 0 Å². The smallest absolute Gasteiger partial charge is 0.0730 e. The fraction of sp³-hybridized carbons (Fsp3) is 0. The molecule has 0 saturated carbocycles. The van der Waals surface area contributed by atoms with Crippen molar-refractivity contribution in [3.8, 4) is 39.3 Å². The van der Waals surface area contributed by atoms with Crippen LogP contribution in [0.1, 0.15) is 0 Å². The Morgan fingerprint density at radius 1 is 0.404 bits per heavy atom. The third-order valence-corrected chi connectivity index (χ3v) is 11.7. The molecule has 0 unspecified atom stereocenters. The van der Waals surface area contributed by atoms with E-state index in [0.29, 0.717) is 0 Å². The summed E-state index contributed by atoms with van der Waals surface area (Å²) >= 11 is 1.92. The maximum absolute atomic E-state index is 5.25. The maximum atomic E-state index is 5.25. The predicted octanol–water partition coefficient (Wildman–Crippen LogP) is 13.9. The van der Waals surface area contributed by atoms with Crippen molar-refractivity contribution in [1.29, 1.82) is 0 Å². The van der Waals surface area contributed by atoms with Crippen LogP contribution in [-0.2, 0) is 0 Å². The minimum atomic E-state index is 0.949. The molecule has 0 radical (unpaired) electrons. The predicted molar refractivity (Wildman–Crippen MR) is 223 cm³/mol. The van der Waals surface area contributed by atoms with Crippen molar-refractivity contribution in [2.24, 2.45) is 0 Å². The SMILES string of the molecule is c1ccc(-c2cc(-n3c4ccccc4c4c5c(sc6ccc7ccccc7c65)c(-c5cccc6ccccc56)cc43)cc(-c3ccccc3)n2)cc1. The number of benzene rings is 8. The first-order valence-electron chi connectivity index (χ1n) is 17.7. The highest BCUT2D eigenvalue weighted by Gasteiger charge is 2.23. The molecule has 8 aromatic carbocycles. The standard InChI is InChI=1S/C49H30N2S/c1-3-16-33(17-4-1)41-28-35(29-42(50-41)34-18-5-2-6-19-34)51-43-25-12-11-23-39(43)46-44(51)30-40(38-24-13-20-31-14-7-9-21-36(31)38)49-48(46)47-37-22-10-8-15-32(37)26-27-45(47)52-49/h1-30H.